The molecule has 1 aromatic rings. The van der Waals surface area contributed by atoms with Gasteiger partial charge in [0.25, 0.3) is 0 Å². The van der Waals surface area contributed by atoms with E-state index in [1.54, 1.807) is 0 Å². The normalized spacial score (nSPS) is 16.7. The van der Waals surface area contributed by atoms with Crippen molar-refractivity contribution in [2.24, 2.45) is 0 Å². The highest BCUT2D eigenvalue weighted by atomic mass is 35.5. The molecule has 4 nitrogen and oxygen atoms in total. The van der Waals surface area contributed by atoms with Crippen molar-refractivity contribution >= 4 is 50.6 Å². The van der Waals surface area contributed by atoms with Gasteiger partial charge < -0.3 is 5.11 Å². The van der Waals surface area contributed by atoms with E-state index in [0.717, 1.165) is 6.92 Å². The standard InChI is InChI=1S/C11H11Cl3O4S/c1-6(11(2,14)10(15)16)19(17,18)9-5-7(12)3-4-8(9)13/h3-6H,1-2H3,(H,15,16). The van der Waals surface area contributed by atoms with E-state index in [4.69, 9.17) is 39.9 Å². The van der Waals surface area contributed by atoms with Gasteiger partial charge in [0, 0.05) is 5.02 Å². The average molecular weight is 346 g/mol. The number of hydrogen-bond acceptors (Lipinski definition) is 3. The van der Waals surface area contributed by atoms with Gasteiger partial charge >= 0.3 is 5.97 Å². The molecule has 0 spiro atoms. The maximum absolute atomic E-state index is 12.4. The lowest BCUT2D eigenvalue weighted by atomic mass is 10.1. The number of hydrogen-bond donors (Lipinski definition) is 1. The molecule has 0 saturated carbocycles. The van der Waals surface area contributed by atoms with Crippen LogP contribution in [0, 0.1) is 0 Å². The van der Waals surface area contributed by atoms with Crippen LogP contribution in [-0.2, 0) is 14.6 Å². The Morgan fingerprint density at radius 2 is 1.89 bits per heavy atom. The first-order valence-electron chi connectivity index (χ1n) is 5.12. The zero-order chi connectivity index (χ0) is 15.0. The highest BCUT2D eigenvalue weighted by molar-refractivity contribution is 7.92. The maximum Gasteiger partial charge on any atom is 0.325 e. The molecule has 19 heavy (non-hydrogen) atoms. The summed E-state index contributed by atoms with van der Waals surface area (Å²) in [6.45, 7) is 2.34. The highest BCUT2D eigenvalue weighted by Gasteiger charge is 2.45. The lowest BCUT2D eigenvalue weighted by molar-refractivity contribution is -0.139. The van der Waals surface area contributed by atoms with Crippen LogP contribution in [0.25, 0.3) is 0 Å². The number of alkyl halides is 1. The zero-order valence-electron chi connectivity index (χ0n) is 10.0. The second kappa shape index (κ2) is 5.48. The zero-order valence-corrected chi connectivity index (χ0v) is 13.1. The second-order valence-electron chi connectivity index (χ2n) is 4.14. The third kappa shape index (κ3) is 3.16. The Hall–Kier alpha value is -0.490. The summed E-state index contributed by atoms with van der Waals surface area (Å²) in [5, 5.41) is 7.76. The van der Waals surface area contributed by atoms with Crippen molar-refractivity contribution in [2.45, 2.75) is 28.9 Å². The Morgan fingerprint density at radius 1 is 1.37 bits per heavy atom. The predicted octanol–water partition coefficient (Wildman–Crippen LogP) is 3.24. The van der Waals surface area contributed by atoms with E-state index in [-0.39, 0.29) is 14.9 Å². The fraction of sp³-hybridized carbons (Fsp3) is 0.364. The lowest BCUT2D eigenvalue weighted by Gasteiger charge is -2.25. The molecule has 1 N–H and O–H groups in total. The van der Waals surface area contributed by atoms with Crippen molar-refractivity contribution in [3.05, 3.63) is 28.2 Å². The molecule has 1 aromatic carbocycles. The summed E-state index contributed by atoms with van der Waals surface area (Å²) >= 11 is 17.4. The monoisotopic (exact) mass is 344 g/mol. The number of carboxylic acid groups (broad SMARTS) is 1. The predicted molar refractivity (Wildman–Crippen MR) is 75.0 cm³/mol. The average Bonchev–Trinajstić information content (AvgIpc) is 2.30. The fourth-order valence-electron chi connectivity index (χ4n) is 1.35. The van der Waals surface area contributed by atoms with Crippen molar-refractivity contribution < 1.29 is 18.3 Å². The van der Waals surface area contributed by atoms with Crippen LogP contribution in [0.5, 0.6) is 0 Å². The topological polar surface area (TPSA) is 71.4 Å². The first-order valence-corrected chi connectivity index (χ1v) is 7.80. The minimum atomic E-state index is -4.02. The van der Waals surface area contributed by atoms with Crippen LogP contribution in [0.2, 0.25) is 10.0 Å². The van der Waals surface area contributed by atoms with Crippen LogP contribution < -0.4 is 0 Å². The van der Waals surface area contributed by atoms with Crippen LogP contribution in [0.3, 0.4) is 0 Å². The van der Waals surface area contributed by atoms with E-state index in [2.05, 4.69) is 0 Å². The van der Waals surface area contributed by atoms with Gasteiger partial charge in [-0.05, 0) is 32.0 Å². The number of rotatable bonds is 4. The summed E-state index contributed by atoms with van der Waals surface area (Å²) in [5.74, 6) is -1.43. The smallest absolute Gasteiger partial charge is 0.325 e. The number of carboxylic acids is 1. The minimum Gasteiger partial charge on any atom is -0.480 e. The largest absolute Gasteiger partial charge is 0.480 e. The molecular weight excluding hydrogens is 335 g/mol. The third-order valence-electron chi connectivity index (χ3n) is 2.85. The van der Waals surface area contributed by atoms with E-state index in [1.807, 2.05) is 0 Å². The van der Waals surface area contributed by atoms with Crippen LogP contribution in [0.15, 0.2) is 23.1 Å². The Labute approximate surface area is 126 Å². The van der Waals surface area contributed by atoms with E-state index in [1.165, 1.54) is 25.1 Å². The molecule has 0 heterocycles. The molecule has 106 valence electrons. The summed E-state index contributed by atoms with van der Waals surface area (Å²) in [4.78, 5) is 8.84. The van der Waals surface area contributed by atoms with Gasteiger partial charge in [-0.15, -0.1) is 11.6 Å². The molecule has 0 saturated heterocycles. The van der Waals surface area contributed by atoms with Crippen molar-refractivity contribution in [3.63, 3.8) is 0 Å². The third-order valence-corrected chi connectivity index (χ3v) is 6.50. The number of aliphatic carboxylic acids is 1. The van der Waals surface area contributed by atoms with Crippen molar-refractivity contribution in [3.8, 4) is 0 Å². The molecule has 8 heteroatoms. The number of halogens is 3. The van der Waals surface area contributed by atoms with Gasteiger partial charge in [-0.1, -0.05) is 23.2 Å². The number of carbonyl (C=O) groups is 1. The Morgan fingerprint density at radius 3 is 2.37 bits per heavy atom. The van der Waals surface area contributed by atoms with Gasteiger partial charge in [0.1, 0.15) is 0 Å². The van der Waals surface area contributed by atoms with Crippen molar-refractivity contribution in [2.75, 3.05) is 0 Å². The van der Waals surface area contributed by atoms with Crippen LogP contribution in [-0.4, -0.2) is 29.6 Å². The molecule has 1 rings (SSSR count). The molecule has 2 unspecified atom stereocenters. The summed E-state index contributed by atoms with van der Waals surface area (Å²) < 4.78 is 24.7. The Kier molecular flexibility index (Phi) is 4.78. The second-order valence-corrected chi connectivity index (χ2v) is 8.01. The van der Waals surface area contributed by atoms with Gasteiger partial charge in [-0.25, -0.2) is 8.42 Å². The molecule has 0 aliphatic carbocycles. The fourth-order valence-corrected chi connectivity index (χ4v) is 4.08. The van der Waals surface area contributed by atoms with Crippen molar-refractivity contribution in [1.29, 1.82) is 0 Å². The van der Waals surface area contributed by atoms with Crippen molar-refractivity contribution in [1.82, 2.24) is 0 Å². The molecule has 2 atom stereocenters. The Balaban J connectivity index is 3.40. The van der Waals surface area contributed by atoms with Crippen LogP contribution in [0.4, 0.5) is 0 Å². The molecule has 0 radical (unpaired) electrons. The first-order chi connectivity index (χ1) is 8.51. The van der Waals surface area contributed by atoms with Gasteiger partial charge in [0.05, 0.1) is 15.2 Å². The van der Waals surface area contributed by atoms with E-state index >= 15 is 0 Å². The first kappa shape index (κ1) is 16.6. The maximum atomic E-state index is 12.4. The van der Waals surface area contributed by atoms with Gasteiger partial charge in [0.15, 0.2) is 14.7 Å². The van der Waals surface area contributed by atoms with Gasteiger partial charge in [0.2, 0.25) is 0 Å². The molecule has 0 fully saturated rings. The molecule has 0 aromatic heterocycles. The molecule has 0 aliphatic heterocycles. The van der Waals surface area contributed by atoms with Crippen LogP contribution >= 0.6 is 34.8 Å². The molecular formula is C11H11Cl3O4S. The number of benzene rings is 1. The SMILES string of the molecule is CC(C(C)(Cl)C(=O)O)S(=O)(=O)c1cc(Cl)ccc1Cl. The summed E-state index contributed by atoms with van der Waals surface area (Å²) in [7, 11) is -4.02. The van der Waals surface area contributed by atoms with E-state index in [9.17, 15) is 13.2 Å². The Bertz CT molecular complexity index is 610. The summed E-state index contributed by atoms with van der Waals surface area (Å²) in [6, 6.07) is 3.94. The molecule has 0 aliphatic rings. The summed E-state index contributed by atoms with van der Waals surface area (Å²) in [6.07, 6.45) is 0. The lowest BCUT2D eigenvalue weighted by Crippen LogP contribution is -2.44. The van der Waals surface area contributed by atoms with E-state index < -0.39 is 25.9 Å². The minimum absolute atomic E-state index is 0.0332. The van der Waals surface area contributed by atoms with E-state index in [0.29, 0.717) is 0 Å². The van der Waals surface area contributed by atoms with Gasteiger partial charge in [-0.2, -0.15) is 0 Å². The highest BCUT2D eigenvalue weighted by Crippen LogP contribution is 2.34. The molecule has 0 amide bonds. The van der Waals surface area contributed by atoms with Gasteiger partial charge in [-0.3, -0.25) is 4.79 Å². The molecule has 0 bridgehead atoms. The number of sulfone groups is 1. The quantitative estimate of drug-likeness (QED) is 0.850. The summed E-state index contributed by atoms with van der Waals surface area (Å²) in [5.41, 5.74) is 0. The van der Waals surface area contributed by atoms with Crippen LogP contribution in [0.1, 0.15) is 13.8 Å².